The lowest BCUT2D eigenvalue weighted by Crippen LogP contribution is -2.11. The number of phenolic OH excluding ortho intramolecular Hbond substituents is 1. The standard InChI is InChI=1S/C14H16ClNO4/c1-4-19-14(18)9-7-20-10-5-8(6-16(2)3)13(17)12(15)11(9)10/h5,7,17H,4,6H2,1-3H3. The quantitative estimate of drug-likeness (QED) is 0.879. The molecule has 1 aromatic carbocycles. The molecule has 0 amide bonds. The van der Waals surface area contributed by atoms with E-state index in [2.05, 4.69) is 0 Å². The second kappa shape index (κ2) is 5.73. The number of benzene rings is 1. The number of hydrogen-bond donors (Lipinski definition) is 1. The summed E-state index contributed by atoms with van der Waals surface area (Å²) < 4.78 is 10.3. The highest BCUT2D eigenvalue weighted by Crippen LogP contribution is 2.38. The van der Waals surface area contributed by atoms with Gasteiger partial charge in [-0.05, 0) is 27.1 Å². The fraction of sp³-hybridized carbons (Fsp3) is 0.357. The van der Waals surface area contributed by atoms with Gasteiger partial charge in [0.15, 0.2) is 0 Å². The number of furan rings is 1. The van der Waals surface area contributed by atoms with E-state index in [0.29, 0.717) is 23.1 Å². The lowest BCUT2D eigenvalue weighted by Gasteiger charge is -2.12. The number of hydrogen-bond acceptors (Lipinski definition) is 5. The van der Waals surface area contributed by atoms with Gasteiger partial charge in [0.2, 0.25) is 0 Å². The Morgan fingerprint density at radius 3 is 2.80 bits per heavy atom. The lowest BCUT2D eigenvalue weighted by atomic mass is 10.1. The number of halogens is 1. The van der Waals surface area contributed by atoms with Gasteiger partial charge in [0.25, 0.3) is 0 Å². The van der Waals surface area contributed by atoms with E-state index in [1.165, 1.54) is 6.26 Å². The van der Waals surface area contributed by atoms with Gasteiger partial charge in [-0.15, -0.1) is 0 Å². The van der Waals surface area contributed by atoms with Crippen molar-refractivity contribution in [2.75, 3.05) is 20.7 Å². The van der Waals surface area contributed by atoms with Gasteiger partial charge in [-0.3, -0.25) is 0 Å². The minimum absolute atomic E-state index is 0.0418. The third-order valence-electron chi connectivity index (χ3n) is 2.84. The Morgan fingerprint density at radius 1 is 1.50 bits per heavy atom. The first-order chi connectivity index (χ1) is 9.45. The first kappa shape index (κ1) is 14.7. The van der Waals surface area contributed by atoms with Gasteiger partial charge in [0, 0.05) is 12.1 Å². The van der Waals surface area contributed by atoms with Crippen molar-refractivity contribution in [1.82, 2.24) is 4.90 Å². The zero-order chi connectivity index (χ0) is 14.9. The summed E-state index contributed by atoms with van der Waals surface area (Å²) in [5.41, 5.74) is 1.31. The number of fused-ring (bicyclic) bond motifs is 1. The SMILES string of the molecule is CCOC(=O)c1coc2cc(CN(C)C)c(O)c(Cl)c12. The highest BCUT2D eigenvalue weighted by atomic mass is 35.5. The van der Waals surface area contributed by atoms with Crippen molar-refractivity contribution in [1.29, 1.82) is 0 Å². The number of carbonyl (C=O) groups is 1. The summed E-state index contributed by atoms with van der Waals surface area (Å²) in [5, 5.41) is 10.6. The van der Waals surface area contributed by atoms with Crippen LogP contribution in [0.4, 0.5) is 0 Å². The van der Waals surface area contributed by atoms with Gasteiger partial charge in [-0.2, -0.15) is 0 Å². The Bertz CT molecular complexity index is 648. The van der Waals surface area contributed by atoms with E-state index >= 15 is 0 Å². The van der Waals surface area contributed by atoms with E-state index < -0.39 is 5.97 Å². The van der Waals surface area contributed by atoms with Crippen molar-refractivity contribution in [2.24, 2.45) is 0 Å². The van der Waals surface area contributed by atoms with Crippen molar-refractivity contribution in [3.05, 3.63) is 28.5 Å². The Labute approximate surface area is 121 Å². The van der Waals surface area contributed by atoms with Crippen molar-refractivity contribution in [3.63, 3.8) is 0 Å². The minimum atomic E-state index is -0.520. The molecule has 108 valence electrons. The minimum Gasteiger partial charge on any atom is -0.506 e. The molecule has 20 heavy (non-hydrogen) atoms. The zero-order valence-electron chi connectivity index (χ0n) is 11.6. The van der Waals surface area contributed by atoms with E-state index in [1.807, 2.05) is 19.0 Å². The van der Waals surface area contributed by atoms with Crippen LogP contribution in [-0.4, -0.2) is 36.7 Å². The number of aromatic hydroxyl groups is 1. The van der Waals surface area contributed by atoms with Gasteiger partial charge in [0.1, 0.15) is 23.2 Å². The van der Waals surface area contributed by atoms with Gasteiger partial charge < -0.3 is 19.2 Å². The van der Waals surface area contributed by atoms with Gasteiger partial charge >= 0.3 is 5.97 Å². The Hall–Kier alpha value is -1.72. The topological polar surface area (TPSA) is 62.9 Å². The summed E-state index contributed by atoms with van der Waals surface area (Å²) in [6.45, 7) is 2.49. The van der Waals surface area contributed by atoms with Crippen LogP contribution >= 0.6 is 11.6 Å². The second-order valence-electron chi connectivity index (χ2n) is 4.68. The summed E-state index contributed by atoms with van der Waals surface area (Å²) in [5.74, 6) is -0.562. The average Bonchev–Trinajstić information content (AvgIpc) is 2.79. The van der Waals surface area contributed by atoms with Crippen LogP contribution in [-0.2, 0) is 11.3 Å². The van der Waals surface area contributed by atoms with Crippen LogP contribution in [0.3, 0.4) is 0 Å². The predicted octanol–water partition coefficient (Wildman–Crippen LogP) is 3.03. The van der Waals surface area contributed by atoms with Gasteiger partial charge in [-0.25, -0.2) is 4.79 Å². The van der Waals surface area contributed by atoms with Crippen molar-refractivity contribution in [2.45, 2.75) is 13.5 Å². The molecule has 6 heteroatoms. The highest BCUT2D eigenvalue weighted by Gasteiger charge is 2.21. The van der Waals surface area contributed by atoms with Crippen LogP contribution in [0.15, 0.2) is 16.7 Å². The molecule has 0 aliphatic carbocycles. The van der Waals surface area contributed by atoms with Crippen molar-refractivity contribution >= 4 is 28.5 Å². The summed E-state index contributed by atoms with van der Waals surface area (Å²) in [6, 6.07) is 1.68. The number of esters is 1. The first-order valence-corrected chi connectivity index (χ1v) is 6.56. The van der Waals surface area contributed by atoms with Crippen molar-refractivity contribution in [3.8, 4) is 5.75 Å². The maximum atomic E-state index is 11.8. The maximum Gasteiger partial charge on any atom is 0.342 e. The van der Waals surface area contributed by atoms with E-state index in [9.17, 15) is 9.90 Å². The summed E-state index contributed by atoms with van der Waals surface area (Å²) >= 11 is 6.17. The molecule has 0 saturated carbocycles. The third kappa shape index (κ3) is 2.59. The molecule has 1 N–H and O–H groups in total. The normalized spacial score (nSPS) is 11.2. The molecule has 0 fully saturated rings. The fourth-order valence-corrected chi connectivity index (χ4v) is 2.33. The van der Waals surface area contributed by atoms with Crippen LogP contribution in [0.1, 0.15) is 22.8 Å². The second-order valence-corrected chi connectivity index (χ2v) is 5.06. The molecule has 0 saturated heterocycles. The summed E-state index contributed by atoms with van der Waals surface area (Å²) in [4.78, 5) is 13.7. The highest BCUT2D eigenvalue weighted by molar-refractivity contribution is 6.38. The first-order valence-electron chi connectivity index (χ1n) is 6.19. The smallest absolute Gasteiger partial charge is 0.342 e. The Morgan fingerprint density at radius 2 is 2.20 bits per heavy atom. The molecule has 0 atom stereocenters. The monoisotopic (exact) mass is 297 g/mol. The molecule has 0 spiro atoms. The molecule has 1 aromatic heterocycles. The van der Waals surface area contributed by atoms with Gasteiger partial charge in [0.05, 0.1) is 17.0 Å². The van der Waals surface area contributed by atoms with Crippen LogP contribution in [0.2, 0.25) is 5.02 Å². The predicted molar refractivity (Wildman–Crippen MR) is 76.2 cm³/mol. The van der Waals surface area contributed by atoms with Crippen molar-refractivity contribution < 1.29 is 19.1 Å². The number of rotatable bonds is 4. The molecule has 2 rings (SSSR count). The number of ether oxygens (including phenoxy) is 1. The molecule has 2 aromatic rings. The lowest BCUT2D eigenvalue weighted by molar-refractivity contribution is 0.0527. The molecule has 0 radical (unpaired) electrons. The third-order valence-corrected chi connectivity index (χ3v) is 3.21. The average molecular weight is 298 g/mol. The van der Waals surface area contributed by atoms with Crippen LogP contribution in [0, 0.1) is 0 Å². The van der Waals surface area contributed by atoms with E-state index in [1.54, 1.807) is 13.0 Å². The number of phenols is 1. The zero-order valence-corrected chi connectivity index (χ0v) is 12.3. The van der Waals surface area contributed by atoms with E-state index in [-0.39, 0.29) is 22.9 Å². The van der Waals surface area contributed by atoms with Crippen LogP contribution in [0.25, 0.3) is 11.0 Å². The van der Waals surface area contributed by atoms with Crippen LogP contribution < -0.4 is 0 Å². The molecule has 0 aliphatic rings. The molecular formula is C14H16ClNO4. The van der Waals surface area contributed by atoms with Gasteiger partial charge in [-0.1, -0.05) is 11.6 Å². The number of carbonyl (C=O) groups excluding carboxylic acids is 1. The molecule has 1 heterocycles. The Balaban J connectivity index is 2.57. The summed E-state index contributed by atoms with van der Waals surface area (Å²) in [7, 11) is 3.76. The number of nitrogens with zero attached hydrogens (tertiary/aromatic N) is 1. The maximum absolute atomic E-state index is 11.8. The molecule has 0 aliphatic heterocycles. The molecule has 5 nitrogen and oxygen atoms in total. The summed E-state index contributed by atoms with van der Waals surface area (Å²) in [6.07, 6.45) is 1.30. The van der Waals surface area contributed by atoms with E-state index in [0.717, 1.165) is 0 Å². The largest absolute Gasteiger partial charge is 0.506 e. The van der Waals surface area contributed by atoms with E-state index in [4.69, 9.17) is 20.8 Å². The molecular weight excluding hydrogens is 282 g/mol. The fourth-order valence-electron chi connectivity index (χ4n) is 2.01. The van der Waals surface area contributed by atoms with Crippen LogP contribution in [0.5, 0.6) is 5.75 Å². The molecule has 0 bridgehead atoms. The Kier molecular flexibility index (Phi) is 4.20. The molecule has 0 unspecified atom stereocenters.